The highest BCUT2D eigenvalue weighted by atomic mass is 35.5. The fraction of sp³-hybridized carbons (Fsp3) is 0.474. The molecule has 2 aliphatic rings. The largest absolute Gasteiger partial charge is 0.412 e. The molecule has 5 rings (SSSR count). The Morgan fingerprint density at radius 2 is 1.82 bits per heavy atom. The van der Waals surface area contributed by atoms with Crippen LogP contribution in [0.4, 0.5) is 21.3 Å². The molecular weight excluding hydrogens is 510 g/mol. The lowest BCUT2D eigenvalue weighted by molar-refractivity contribution is 0.0376. The van der Waals surface area contributed by atoms with Gasteiger partial charge in [-0.25, -0.2) is 19.3 Å². The summed E-state index contributed by atoms with van der Waals surface area (Å²) in [4.78, 5) is 18.6. The number of ether oxygens (including phenoxy) is 1. The monoisotopic (exact) mass is 538 g/mol. The predicted octanol–water partition coefficient (Wildman–Crippen LogP) is 1.48. The maximum absolute atomic E-state index is 13.0. The molecule has 0 bridgehead atoms. The van der Waals surface area contributed by atoms with Crippen LogP contribution in [-0.2, 0) is 11.2 Å². The van der Waals surface area contributed by atoms with Gasteiger partial charge in [0.1, 0.15) is 0 Å². The minimum absolute atomic E-state index is 0. The van der Waals surface area contributed by atoms with Crippen LogP contribution in [-0.4, -0.2) is 86.9 Å². The SMILES string of the molecule is Cl.Cl.Fc1cnc(Nc2nc3c(s2)CCN(CCCN2CCOCC2)c2n[nH]cc2-3)nc1.O.O. The minimum Gasteiger partial charge on any atom is -0.412 e. The number of aromatic nitrogens is 5. The quantitative estimate of drug-likeness (QED) is 0.477. The normalized spacial score (nSPS) is 14.8. The standard InChI is InChI=1S/C19H23FN8OS.2ClH.2H2O/c20-13-10-21-18(22-11-13)25-19-24-16-14-12-23-26-17(14)28(5-2-15(16)30-19)4-1-3-27-6-8-29-9-7-27;;;;/h10-12H,1-9H2,(H,23,26)(H,21,22,24,25);2*1H;2*1H2. The fourth-order valence-electron chi connectivity index (χ4n) is 3.83. The van der Waals surface area contributed by atoms with Crippen LogP contribution in [0.2, 0.25) is 0 Å². The van der Waals surface area contributed by atoms with Gasteiger partial charge in [0.25, 0.3) is 0 Å². The van der Waals surface area contributed by atoms with E-state index in [0.29, 0.717) is 11.1 Å². The van der Waals surface area contributed by atoms with Gasteiger partial charge in [-0.2, -0.15) is 5.10 Å². The molecule has 34 heavy (non-hydrogen) atoms. The molecule has 0 saturated carbocycles. The summed E-state index contributed by atoms with van der Waals surface area (Å²) in [5, 5.41) is 11.3. The third-order valence-electron chi connectivity index (χ3n) is 5.33. The summed E-state index contributed by atoms with van der Waals surface area (Å²) in [5.74, 6) is 0.815. The van der Waals surface area contributed by atoms with Gasteiger partial charge in [0.05, 0.1) is 36.9 Å². The first-order chi connectivity index (χ1) is 14.8. The van der Waals surface area contributed by atoms with E-state index in [-0.39, 0.29) is 35.8 Å². The lowest BCUT2D eigenvalue weighted by Gasteiger charge is -2.28. The number of nitrogens with zero attached hydrogens (tertiary/aromatic N) is 6. The van der Waals surface area contributed by atoms with Crippen molar-refractivity contribution in [1.29, 1.82) is 0 Å². The van der Waals surface area contributed by atoms with Crippen molar-refractivity contribution in [3.05, 3.63) is 29.3 Å². The molecule has 3 aromatic heterocycles. The lowest BCUT2D eigenvalue weighted by atomic mass is 10.2. The summed E-state index contributed by atoms with van der Waals surface area (Å²) < 4.78 is 18.5. The van der Waals surface area contributed by atoms with Gasteiger partial charge >= 0.3 is 0 Å². The van der Waals surface area contributed by atoms with Crippen molar-refractivity contribution in [1.82, 2.24) is 30.0 Å². The molecule has 5 heterocycles. The van der Waals surface area contributed by atoms with E-state index in [9.17, 15) is 4.39 Å². The van der Waals surface area contributed by atoms with E-state index in [1.807, 2.05) is 6.20 Å². The van der Waals surface area contributed by atoms with E-state index in [1.54, 1.807) is 11.3 Å². The van der Waals surface area contributed by atoms with Gasteiger partial charge in [0, 0.05) is 50.2 Å². The van der Waals surface area contributed by atoms with Crippen molar-refractivity contribution in [3.8, 4) is 11.3 Å². The minimum atomic E-state index is -0.466. The first-order valence-electron chi connectivity index (χ1n) is 10.1. The molecule has 190 valence electrons. The van der Waals surface area contributed by atoms with Crippen molar-refractivity contribution in [3.63, 3.8) is 0 Å². The first kappa shape index (κ1) is 29.9. The topological polar surface area (TPSA) is 158 Å². The molecule has 1 saturated heterocycles. The highest BCUT2D eigenvalue weighted by Crippen LogP contribution is 2.39. The van der Waals surface area contributed by atoms with Crippen molar-refractivity contribution < 1.29 is 20.1 Å². The Balaban J connectivity index is 0.00000144. The van der Waals surface area contributed by atoms with E-state index in [2.05, 4.69) is 35.3 Å². The number of H-pyrrole nitrogens is 1. The molecule has 2 aliphatic heterocycles. The number of aromatic amines is 1. The lowest BCUT2D eigenvalue weighted by Crippen LogP contribution is -2.38. The zero-order valence-electron chi connectivity index (χ0n) is 18.3. The summed E-state index contributed by atoms with van der Waals surface area (Å²) >= 11 is 1.58. The first-order valence-corrected chi connectivity index (χ1v) is 10.9. The van der Waals surface area contributed by atoms with Crippen LogP contribution in [0.3, 0.4) is 0 Å². The number of morpholine rings is 1. The Labute approximate surface area is 212 Å². The molecule has 3 aromatic rings. The van der Waals surface area contributed by atoms with E-state index in [4.69, 9.17) is 9.72 Å². The Bertz CT molecular complexity index is 1000. The Morgan fingerprint density at radius 1 is 1.09 bits per heavy atom. The van der Waals surface area contributed by atoms with Gasteiger partial charge < -0.3 is 25.9 Å². The average Bonchev–Trinajstić information content (AvgIpc) is 3.37. The van der Waals surface area contributed by atoms with E-state index in [1.165, 1.54) is 4.88 Å². The molecule has 0 atom stereocenters. The Kier molecular flexibility index (Phi) is 12.0. The highest BCUT2D eigenvalue weighted by Gasteiger charge is 2.26. The Morgan fingerprint density at radius 3 is 2.56 bits per heavy atom. The second-order valence-corrected chi connectivity index (χ2v) is 8.39. The number of hydrogen-bond donors (Lipinski definition) is 2. The zero-order chi connectivity index (χ0) is 20.3. The predicted molar refractivity (Wildman–Crippen MR) is 134 cm³/mol. The van der Waals surface area contributed by atoms with Gasteiger partial charge in [0.2, 0.25) is 5.95 Å². The van der Waals surface area contributed by atoms with Gasteiger partial charge in [0.15, 0.2) is 16.8 Å². The molecule has 15 heteroatoms. The van der Waals surface area contributed by atoms with E-state index in [0.717, 1.165) is 88.2 Å². The third kappa shape index (κ3) is 6.72. The molecule has 1 fully saturated rings. The summed E-state index contributed by atoms with van der Waals surface area (Å²) in [6.45, 7) is 6.62. The summed E-state index contributed by atoms with van der Waals surface area (Å²) in [6, 6.07) is 0. The number of thiazole rings is 1. The molecule has 0 aliphatic carbocycles. The van der Waals surface area contributed by atoms with Crippen LogP contribution in [0, 0.1) is 5.82 Å². The summed E-state index contributed by atoms with van der Waals surface area (Å²) in [5.41, 5.74) is 1.95. The number of rotatable bonds is 6. The van der Waals surface area contributed by atoms with E-state index >= 15 is 0 Å². The fourth-order valence-corrected chi connectivity index (χ4v) is 4.78. The summed E-state index contributed by atoms with van der Waals surface area (Å²) in [6.07, 6.45) is 6.16. The molecule has 0 amide bonds. The molecule has 0 spiro atoms. The second kappa shape index (κ2) is 13.7. The van der Waals surface area contributed by atoms with Crippen LogP contribution in [0.5, 0.6) is 0 Å². The van der Waals surface area contributed by atoms with Gasteiger partial charge in [-0.15, -0.1) is 36.2 Å². The number of nitrogens with one attached hydrogen (secondary N) is 2. The van der Waals surface area contributed by atoms with E-state index < -0.39 is 5.82 Å². The Hall–Kier alpha value is -2.13. The van der Waals surface area contributed by atoms with Gasteiger partial charge in [-0.05, 0) is 6.42 Å². The van der Waals surface area contributed by atoms with Gasteiger partial charge in [-0.1, -0.05) is 0 Å². The molecule has 6 N–H and O–H groups in total. The maximum atomic E-state index is 13.0. The molecule has 0 aromatic carbocycles. The zero-order valence-corrected chi connectivity index (χ0v) is 20.7. The van der Waals surface area contributed by atoms with Crippen LogP contribution < -0.4 is 10.2 Å². The van der Waals surface area contributed by atoms with Crippen molar-refractivity contribution >= 4 is 53.0 Å². The number of fused-ring (bicyclic) bond motifs is 3. The molecule has 0 unspecified atom stereocenters. The van der Waals surface area contributed by atoms with Crippen molar-refractivity contribution in [2.45, 2.75) is 12.8 Å². The van der Waals surface area contributed by atoms with Crippen LogP contribution >= 0.6 is 36.2 Å². The highest BCUT2D eigenvalue weighted by molar-refractivity contribution is 7.16. The molecule has 11 nitrogen and oxygen atoms in total. The number of anilines is 3. The number of halogens is 3. The van der Waals surface area contributed by atoms with Crippen LogP contribution in [0.25, 0.3) is 11.3 Å². The smallest absolute Gasteiger partial charge is 0.229 e. The molecular formula is C19H29Cl2FN8O3S. The van der Waals surface area contributed by atoms with Gasteiger partial charge in [-0.3, -0.25) is 10.00 Å². The average molecular weight is 539 g/mol. The van der Waals surface area contributed by atoms with Crippen LogP contribution in [0.1, 0.15) is 11.3 Å². The van der Waals surface area contributed by atoms with Crippen molar-refractivity contribution in [2.24, 2.45) is 0 Å². The number of hydrogen-bond acceptors (Lipinski definition) is 9. The second-order valence-electron chi connectivity index (χ2n) is 7.31. The molecule has 0 radical (unpaired) electrons. The third-order valence-corrected chi connectivity index (χ3v) is 6.36. The van der Waals surface area contributed by atoms with Crippen LogP contribution in [0.15, 0.2) is 18.6 Å². The van der Waals surface area contributed by atoms with Crippen molar-refractivity contribution in [2.75, 3.05) is 56.2 Å². The maximum Gasteiger partial charge on any atom is 0.229 e. The summed E-state index contributed by atoms with van der Waals surface area (Å²) in [7, 11) is 0.